The van der Waals surface area contributed by atoms with Gasteiger partial charge in [0, 0.05) is 89.6 Å². The van der Waals surface area contributed by atoms with Gasteiger partial charge in [0.2, 0.25) is 0 Å². The largest absolute Gasteiger partial charge is 0.456 e. The maximum absolute atomic E-state index is 13.3. The average molecular weight is 611 g/mol. The van der Waals surface area contributed by atoms with Crippen LogP contribution < -0.4 is 25.2 Å². The van der Waals surface area contributed by atoms with Crippen LogP contribution >= 0.6 is 0 Å². The monoisotopic (exact) mass is 610 g/mol. The first-order valence-electron chi connectivity index (χ1n) is 15.9. The van der Waals surface area contributed by atoms with Gasteiger partial charge in [0.1, 0.15) is 11.5 Å². The SMILES string of the molecule is CCN(C)c1ccc(Nc2ccc3c(c2)Oc2cc(Nc4ccc(N(CC)CC)cc4)ccc2C32OC(=O)c3ccccc32)cc1. The highest BCUT2D eigenvalue weighted by atomic mass is 16.6. The molecule has 5 aromatic rings. The highest BCUT2D eigenvalue weighted by Gasteiger charge is 2.53. The first-order valence-corrected chi connectivity index (χ1v) is 15.9. The number of esters is 1. The van der Waals surface area contributed by atoms with Crippen LogP contribution in [-0.2, 0) is 10.3 Å². The number of ether oxygens (including phenoxy) is 2. The van der Waals surface area contributed by atoms with Crippen LogP contribution in [0.2, 0.25) is 0 Å². The Morgan fingerprint density at radius 1 is 0.609 bits per heavy atom. The van der Waals surface area contributed by atoms with Crippen molar-refractivity contribution in [2.24, 2.45) is 0 Å². The number of nitrogens with zero attached hydrogens (tertiary/aromatic N) is 2. The Balaban J connectivity index is 1.25. The molecule has 5 aromatic carbocycles. The van der Waals surface area contributed by atoms with Crippen molar-refractivity contribution in [1.82, 2.24) is 0 Å². The molecule has 0 fully saturated rings. The second-order valence-electron chi connectivity index (χ2n) is 11.7. The van der Waals surface area contributed by atoms with Gasteiger partial charge < -0.3 is 29.9 Å². The smallest absolute Gasteiger partial charge is 0.340 e. The molecule has 0 bridgehead atoms. The molecule has 2 aliphatic heterocycles. The van der Waals surface area contributed by atoms with Crippen LogP contribution in [0.5, 0.6) is 11.5 Å². The number of hydrogen-bond acceptors (Lipinski definition) is 7. The first-order chi connectivity index (χ1) is 22.4. The summed E-state index contributed by atoms with van der Waals surface area (Å²) in [6, 6.07) is 36.4. The topological polar surface area (TPSA) is 66.1 Å². The van der Waals surface area contributed by atoms with E-state index in [4.69, 9.17) is 9.47 Å². The summed E-state index contributed by atoms with van der Waals surface area (Å²) in [5.74, 6) is 0.917. The third-order valence-corrected chi connectivity index (χ3v) is 9.07. The molecule has 0 radical (unpaired) electrons. The van der Waals surface area contributed by atoms with Crippen LogP contribution in [0, 0.1) is 0 Å². The second-order valence-corrected chi connectivity index (χ2v) is 11.7. The summed E-state index contributed by atoms with van der Waals surface area (Å²) in [5.41, 5.74) is 7.87. The van der Waals surface area contributed by atoms with E-state index in [0.717, 1.165) is 64.8 Å². The zero-order chi connectivity index (χ0) is 31.8. The maximum atomic E-state index is 13.3. The minimum absolute atomic E-state index is 0.343. The van der Waals surface area contributed by atoms with Crippen molar-refractivity contribution in [2.75, 3.05) is 47.1 Å². The van der Waals surface area contributed by atoms with Crippen molar-refractivity contribution in [3.63, 3.8) is 0 Å². The minimum atomic E-state index is -1.12. The number of carbonyl (C=O) groups is 1. The Labute approximate surface area is 270 Å². The van der Waals surface area contributed by atoms with Gasteiger partial charge in [0.25, 0.3) is 0 Å². The number of anilines is 6. The molecule has 0 saturated carbocycles. The van der Waals surface area contributed by atoms with E-state index in [0.29, 0.717) is 17.1 Å². The molecule has 232 valence electrons. The number of benzene rings is 5. The van der Waals surface area contributed by atoms with Crippen LogP contribution in [0.1, 0.15) is 47.8 Å². The summed E-state index contributed by atoms with van der Waals surface area (Å²) >= 11 is 0. The lowest BCUT2D eigenvalue weighted by Crippen LogP contribution is -2.33. The lowest BCUT2D eigenvalue weighted by atomic mass is 9.77. The van der Waals surface area contributed by atoms with Gasteiger partial charge in [-0.2, -0.15) is 0 Å². The minimum Gasteiger partial charge on any atom is -0.456 e. The van der Waals surface area contributed by atoms with Gasteiger partial charge in [-0.25, -0.2) is 4.79 Å². The van der Waals surface area contributed by atoms with Crippen LogP contribution in [0.15, 0.2) is 109 Å². The summed E-state index contributed by atoms with van der Waals surface area (Å²) in [6.07, 6.45) is 0. The molecule has 1 spiro atoms. The van der Waals surface area contributed by atoms with E-state index < -0.39 is 5.60 Å². The van der Waals surface area contributed by atoms with Crippen molar-refractivity contribution >= 4 is 40.1 Å². The fraction of sp³-hybridized carbons (Fsp3) is 0.205. The fourth-order valence-electron chi connectivity index (χ4n) is 6.49. The van der Waals surface area contributed by atoms with Crippen LogP contribution in [0.3, 0.4) is 0 Å². The van der Waals surface area contributed by atoms with E-state index in [-0.39, 0.29) is 5.97 Å². The van der Waals surface area contributed by atoms with Crippen LogP contribution in [0.4, 0.5) is 34.1 Å². The fourth-order valence-corrected chi connectivity index (χ4v) is 6.49. The lowest BCUT2D eigenvalue weighted by Gasteiger charge is -2.37. The van der Waals surface area contributed by atoms with E-state index in [9.17, 15) is 4.79 Å². The normalized spacial score (nSPS) is 15.7. The van der Waals surface area contributed by atoms with Crippen LogP contribution in [0.25, 0.3) is 0 Å². The number of nitrogens with one attached hydrogen (secondary N) is 2. The molecule has 2 aliphatic rings. The molecule has 0 aliphatic carbocycles. The predicted octanol–water partition coefficient (Wildman–Crippen LogP) is 9.04. The molecule has 2 heterocycles. The summed E-state index contributed by atoms with van der Waals surface area (Å²) in [7, 11) is 2.08. The Morgan fingerprint density at radius 3 is 1.67 bits per heavy atom. The van der Waals surface area contributed by atoms with Crippen molar-refractivity contribution in [3.8, 4) is 11.5 Å². The quantitative estimate of drug-likeness (QED) is 0.161. The van der Waals surface area contributed by atoms with Gasteiger partial charge in [-0.15, -0.1) is 0 Å². The molecule has 2 N–H and O–H groups in total. The lowest BCUT2D eigenvalue weighted by molar-refractivity contribution is 0.0224. The maximum Gasteiger partial charge on any atom is 0.340 e. The average Bonchev–Trinajstić information content (AvgIpc) is 3.38. The molecular weight excluding hydrogens is 572 g/mol. The molecule has 0 saturated heterocycles. The highest BCUT2D eigenvalue weighted by Crippen LogP contribution is 2.57. The van der Waals surface area contributed by atoms with Gasteiger partial charge in [-0.3, -0.25) is 0 Å². The predicted molar refractivity (Wildman–Crippen MR) is 187 cm³/mol. The third kappa shape index (κ3) is 4.98. The van der Waals surface area contributed by atoms with E-state index in [1.54, 1.807) is 0 Å². The Bertz CT molecular complexity index is 1900. The first kappa shape index (κ1) is 29.3. The molecule has 0 amide bonds. The summed E-state index contributed by atoms with van der Waals surface area (Å²) in [6.45, 7) is 9.32. The second kappa shape index (κ2) is 11.8. The van der Waals surface area contributed by atoms with Gasteiger partial charge in [-0.1, -0.05) is 18.2 Å². The Morgan fingerprint density at radius 2 is 1.13 bits per heavy atom. The molecule has 7 heteroatoms. The Kier molecular flexibility index (Phi) is 7.53. The zero-order valence-electron chi connectivity index (χ0n) is 26.6. The molecule has 0 aromatic heterocycles. The molecule has 46 heavy (non-hydrogen) atoms. The molecule has 1 unspecified atom stereocenters. The summed E-state index contributed by atoms with van der Waals surface area (Å²) < 4.78 is 13.0. The van der Waals surface area contributed by atoms with E-state index in [1.807, 2.05) is 60.7 Å². The Hall–Kier alpha value is -5.43. The van der Waals surface area contributed by atoms with E-state index >= 15 is 0 Å². The molecular formula is C39H38N4O3. The summed E-state index contributed by atoms with van der Waals surface area (Å²) in [5, 5.41) is 7.04. The standard InChI is InChI=1S/C39H38N4O3/c1-5-42(4)30-18-12-26(13-19-30)40-28-16-22-34-36(24-28)45-37-25-29(41-27-14-20-31(21-15-27)43(6-2)7-3)17-23-35(37)39(34)33-11-9-8-10-32(33)38(44)46-39/h8-25,40-41H,5-7H2,1-4H3. The molecule has 7 nitrogen and oxygen atoms in total. The number of fused-ring (bicyclic) bond motifs is 6. The van der Waals surface area contributed by atoms with Gasteiger partial charge in [-0.05, 0) is 99.6 Å². The number of carbonyl (C=O) groups excluding carboxylic acids is 1. The van der Waals surface area contributed by atoms with E-state index in [1.165, 1.54) is 5.69 Å². The van der Waals surface area contributed by atoms with E-state index in [2.05, 4.69) is 96.8 Å². The van der Waals surface area contributed by atoms with Gasteiger partial charge in [0.05, 0.1) is 5.56 Å². The molecule has 1 atom stereocenters. The van der Waals surface area contributed by atoms with Crippen molar-refractivity contribution in [3.05, 3.63) is 131 Å². The van der Waals surface area contributed by atoms with Crippen molar-refractivity contribution in [1.29, 1.82) is 0 Å². The zero-order valence-corrected chi connectivity index (χ0v) is 26.6. The van der Waals surface area contributed by atoms with Gasteiger partial charge in [0.15, 0.2) is 5.60 Å². The van der Waals surface area contributed by atoms with Crippen molar-refractivity contribution in [2.45, 2.75) is 26.4 Å². The van der Waals surface area contributed by atoms with Crippen molar-refractivity contribution < 1.29 is 14.3 Å². The van der Waals surface area contributed by atoms with Gasteiger partial charge >= 0.3 is 5.97 Å². The number of rotatable bonds is 9. The molecule has 7 rings (SSSR count). The van der Waals surface area contributed by atoms with Crippen LogP contribution in [-0.4, -0.2) is 32.7 Å². The number of hydrogen-bond donors (Lipinski definition) is 2. The summed E-state index contributed by atoms with van der Waals surface area (Å²) in [4.78, 5) is 17.8. The highest BCUT2D eigenvalue weighted by molar-refractivity contribution is 5.97. The third-order valence-electron chi connectivity index (χ3n) is 9.07.